The van der Waals surface area contributed by atoms with Crippen molar-refractivity contribution in [2.75, 3.05) is 26.2 Å². The van der Waals surface area contributed by atoms with Crippen LogP contribution in [-0.4, -0.2) is 89.0 Å². The molecule has 0 aliphatic rings. The monoisotopic (exact) mass is 1260 g/mol. The minimum Gasteiger partial charge on any atom is -0.648 e. The second-order valence-electron chi connectivity index (χ2n) is 22.7. The first-order chi connectivity index (χ1) is 45.6. The fourth-order valence-electron chi connectivity index (χ4n) is 10.2. The highest BCUT2D eigenvalue weighted by atomic mass is 16.3. The molecule has 6 N–H and O–H groups in total. The summed E-state index contributed by atoms with van der Waals surface area (Å²) in [6.07, 6.45) is 33.7. The summed E-state index contributed by atoms with van der Waals surface area (Å²) in [6.45, 7) is 2.29. The van der Waals surface area contributed by atoms with Crippen LogP contribution >= 0.6 is 0 Å². The second-order valence-corrected chi connectivity index (χ2v) is 22.7. The van der Waals surface area contributed by atoms with E-state index in [2.05, 4.69) is 40.9 Å². The van der Waals surface area contributed by atoms with Crippen LogP contribution < -0.4 is 51.5 Å². The standard InChI is InChI=1S/C72H72N16O6/c1-81-29-7-53(8-30-81)57-15-37-85(38-16-57)45-25-75-67(89)51-65(71(93)77-27-47-87-41-19-59(20-42-87)55-11-33-83(3)34-12-55)79-69(91)61-5-23-73-63(49-61)64-50-62(6-24-74-64)70(92)80-66(72(94)78-28-48-88-43-21-60(22-44-88)56-13-35-84(4)36-14-56)52-68(90)76-26-46-86-39-17-58(18-40-86)54-9-31-82(2)32-10-54/h5-24,29-44,49-50,65-66H,25-28,45-48,51-52H2,1-4H3/q+2/p+6. The van der Waals surface area contributed by atoms with E-state index in [0.29, 0.717) is 44.1 Å². The number of rotatable bonds is 27. The predicted octanol–water partition coefficient (Wildman–Crippen LogP) is 2.76. The zero-order chi connectivity index (χ0) is 65.8. The van der Waals surface area contributed by atoms with Crippen LogP contribution in [0.3, 0.4) is 0 Å². The van der Waals surface area contributed by atoms with Crippen molar-refractivity contribution >= 4 is 35.4 Å². The molecule has 0 spiro atoms. The number of aromatic nitrogens is 10. The van der Waals surface area contributed by atoms with Gasteiger partial charge in [-0.1, -0.05) is 19.6 Å². The van der Waals surface area contributed by atoms with Gasteiger partial charge in [-0.25, -0.2) is 56.9 Å². The fourth-order valence-corrected chi connectivity index (χ4v) is 10.2. The van der Waals surface area contributed by atoms with Crippen molar-refractivity contribution < 1.29 is 81.2 Å². The average Bonchev–Trinajstić information content (AvgIpc) is 1.17. The van der Waals surface area contributed by atoms with Crippen molar-refractivity contribution in [1.29, 1.82) is 0 Å². The van der Waals surface area contributed by atoms with Crippen molar-refractivity contribution in [3.8, 4) is 55.9 Å². The first kappa shape index (κ1) is 65.3. The minimum atomic E-state index is -1.40. The van der Waals surface area contributed by atoms with Crippen LogP contribution in [-0.2, 0) is 68.8 Å². The highest BCUT2D eigenvalue weighted by molar-refractivity contribution is 6.03. The summed E-state index contributed by atoms with van der Waals surface area (Å²) in [4.78, 5) is 59.7. The van der Waals surface area contributed by atoms with E-state index < -0.39 is 48.0 Å². The molecule has 0 aromatic carbocycles. The minimum absolute atomic E-state index is 0.0798. The SMILES string of the molecule is C[n+]1ccc(-c2cc[n+](CC[N-]C(=O)CC(N=C(O)c3cc[nH+]c(-c4cc(C(O)=NC(CC(O)=[NH+]CC[n+]5ccc(-c6cc[n+](C)cc6)cc5)C(=O)[N-]CC[n+]5ccc(-c6cc[n+](C)cc6)cc5)cc[nH+]4)c3)C(=O)[N-]CC[n+]3ccc(-c4cc[n+](C)cc4)cc3)cc2)cc1. The number of H-pyrrole nitrogens is 2. The summed E-state index contributed by atoms with van der Waals surface area (Å²) < 4.78 is 15.6. The largest absolute Gasteiger partial charge is 0.648 e. The number of hydrogen-bond acceptors (Lipinski definition) is 5. The van der Waals surface area contributed by atoms with E-state index in [0.717, 1.165) is 44.5 Å². The molecule has 2 atom stereocenters. The van der Waals surface area contributed by atoms with Gasteiger partial charge < -0.3 is 45.7 Å². The predicted molar refractivity (Wildman–Crippen MR) is 346 cm³/mol. The van der Waals surface area contributed by atoms with Gasteiger partial charge in [0, 0.05) is 139 Å². The van der Waals surface area contributed by atoms with Gasteiger partial charge in [0.1, 0.15) is 59.9 Å². The number of nitrogens with zero attached hydrogens (tertiary/aromatic N) is 13. The van der Waals surface area contributed by atoms with E-state index in [-0.39, 0.29) is 43.1 Å². The van der Waals surface area contributed by atoms with Gasteiger partial charge in [-0.3, -0.25) is 0 Å². The Morgan fingerprint density at radius 1 is 0.404 bits per heavy atom. The number of aliphatic hydroxyl groups excluding tert-OH is 3. The number of aliphatic hydroxyl groups is 3. The highest BCUT2D eigenvalue weighted by Gasteiger charge is 2.23. The van der Waals surface area contributed by atoms with Crippen LogP contribution in [0.1, 0.15) is 24.0 Å². The molecule has 0 radical (unpaired) electrons. The van der Waals surface area contributed by atoms with Gasteiger partial charge in [-0.2, -0.15) is 4.57 Å². The zero-order valence-corrected chi connectivity index (χ0v) is 53.0. The Morgan fingerprint density at radius 2 is 0.691 bits per heavy atom. The number of nitrogens with one attached hydrogen (secondary N) is 3. The van der Waals surface area contributed by atoms with Gasteiger partial charge in [0.05, 0.1) is 24.1 Å². The molecule has 2 unspecified atom stereocenters. The fraction of sp³-hybridized carbons (Fsp3) is 0.222. The maximum Gasteiger partial charge on any atom is 0.335 e. The first-order valence-corrected chi connectivity index (χ1v) is 30.9. The lowest BCUT2D eigenvalue weighted by Crippen LogP contribution is -2.75. The van der Waals surface area contributed by atoms with Gasteiger partial charge in [0.15, 0.2) is 112 Å². The van der Waals surface area contributed by atoms with Gasteiger partial charge in [-0.15, -0.1) is 0 Å². The van der Waals surface area contributed by atoms with Crippen molar-refractivity contribution in [3.63, 3.8) is 0 Å². The summed E-state index contributed by atoms with van der Waals surface area (Å²) in [5, 5.41) is 47.6. The molecule has 0 bridgehead atoms. The number of aromatic amines is 2. The average molecular weight is 1260 g/mol. The third-order valence-electron chi connectivity index (χ3n) is 15.7. The summed E-state index contributed by atoms with van der Waals surface area (Å²) in [5.74, 6) is -3.16. The van der Waals surface area contributed by atoms with Crippen molar-refractivity contribution in [3.05, 3.63) is 260 Å². The Labute approximate surface area is 545 Å². The Morgan fingerprint density at radius 3 is 1.02 bits per heavy atom. The number of aliphatic imine (C=N–C) groups is 2. The lowest BCUT2D eigenvalue weighted by atomic mass is 10.1. The second kappa shape index (κ2) is 31.9. The van der Waals surface area contributed by atoms with Crippen LogP contribution in [0.15, 0.2) is 243 Å². The lowest BCUT2D eigenvalue weighted by molar-refractivity contribution is -0.718. The van der Waals surface area contributed by atoms with E-state index >= 15 is 0 Å². The van der Waals surface area contributed by atoms with Crippen molar-refractivity contribution in [2.45, 2.75) is 51.1 Å². The summed E-state index contributed by atoms with van der Waals surface area (Å²) in [7, 11) is 7.86. The highest BCUT2D eigenvalue weighted by Crippen LogP contribution is 2.21. The molecule has 0 aliphatic heterocycles. The molecule has 10 rings (SSSR count). The zero-order valence-electron chi connectivity index (χ0n) is 53.0. The molecule has 3 amide bonds. The third kappa shape index (κ3) is 18.7. The van der Waals surface area contributed by atoms with Gasteiger partial charge >= 0.3 is 5.90 Å². The Hall–Kier alpha value is -11.7. The van der Waals surface area contributed by atoms with E-state index in [9.17, 15) is 29.7 Å². The number of hydrogen-bond donors (Lipinski definition) is 4. The molecule has 10 heterocycles. The van der Waals surface area contributed by atoms with Crippen LogP contribution in [0.25, 0.3) is 71.8 Å². The first-order valence-electron chi connectivity index (χ1n) is 30.9. The molecule has 94 heavy (non-hydrogen) atoms. The molecule has 474 valence electrons. The van der Waals surface area contributed by atoms with Crippen LogP contribution in [0.2, 0.25) is 0 Å². The van der Waals surface area contributed by atoms with Gasteiger partial charge in [-0.05, 0) is 44.5 Å². The molecule has 0 fully saturated rings. The Kier molecular flexibility index (Phi) is 22.1. The summed E-state index contributed by atoms with van der Waals surface area (Å²) >= 11 is 0. The van der Waals surface area contributed by atoms with Crippen molar-refractivity contribution in [2.24, 2.45) is 38.2 Å². The van der Waals surface area contributed by atoms with E-state index in [1.54, 1.807) is 36.7 Å². The smallest absolute Gasteiger partial charge is 0.335 e. The lowest BCUT2D eigenvalue weighted by Gasteiger charge is -2.25. The van der Waals surface area contributed by atoms with Gasteiger partial charge in [0.2, 0.25) is 24.9 Å². The molecule has 0 aliphatic carbocycles. The molecule has 0 saturated heterocycles. The molecule has 22 heteroatoms. The maximum absolute atomic E-state index is 14.0. The number of carbonyl (C=O) groups excluding carboxylic acids is 3. The normalized spacial score (nSPS) is 12.4. The number of amides is 3. The molecule has 22 nitrogen and oxygen atoms in total. The molecular formula is C72H78N16O6+8. The van der Waals surface area contributed by atoms with Crippen molar-refractivity contribution in [1.82, 2.24) is 0 Å². The van der Waals surface area contributed by atoms with Gasteiger partial charge in [0.25, 0.3) is 11.4 Å². The Balaban J connectivity index is 0.824. The third-order valence-corrected chi connectivity index (χ3v) is 15.7. The van der Waals surface area contributed by atoms with Crippen LogP contribution in [0, 0.1) is 0 Å². The number of carbonyl (C=O) groups is 3. The van der Waals surface area contributed by atoms with Crippen LogP contribution in [0.4, 0.5) is 0 Å². The maximum atomic E-state index is 14.0. The van der Waals surface area contributed by atoms with E-state index in [4.69, 9.17) is 0 Å². The molecule has 0 saturated carbocycles. The number of pyridine rings is 10. The molecule has 10 aromatic rings. The van der Waals surface area contributed by atoms with Crippen LogP contribution in [0.5, 0.6) is 0 Å². The summed E-state index contributed by atoms with van der Waals surface area (Å²) in [5.41, 5.74) is 9.72. The van der Waals surface area contributed by atoms with E-state index in [1.807, 2.05) is 261 Å². The molecular weight excluding hydrogens is 1180 g/mol. The quantitative estimate of drug-likeness (QED) is 0.0342. The summed E-state index contributed by atoms with van der Waals surface area (Å²) in [6, 6.07) is 35.9. The van der Waals surface area contributed by atoms with E-state index in [1.165, 1.54) is 0 Å². The molecule has 10 aromatic heterocycles. The number of aryl methyl sites for hydroxylation is 4. The topological polar surface area (TPSA) is 252 Å². The Bertz CT molecular complexity index is 4290.